The van der Waals surface area contributed by atoms with Gasteiger partial charge in [-0.05, 0) is 25.0 Å². The minimum absolute atomic E-state index is 0.241. The van der Waals surface area contributed by atoms with Gasteiger partial charge >= 0.3 is 5.97 Å². The second kappa shape index (κ2) is 18.7. The van der Waals surface area contributed by atoms with Crippen molar-refractivity contribution in [3.63, 3.8) is 0 Å². The quantitative estimate of drug-likeness (QED) is 0.196. The molecule has 2 atom stereocenters. The molecule has 5 heteroatoms. The molecule has 0 aliphatic rings. The smallest absolute Gasteiger partial charge is 0.338 e. The van der Waals surface area contributed by atoms with Gasteiger partial charge in [0.25, 0.3) is 0 Å². The molecule has 0 fully saturated rings. The maximum absolute atomic E-state index is 12.5. The first kappa shape index (κ1) is 28.2. The van der Waals surface area contributed by atoms with Crippen molar-refractivity contribution in [1.29, 1.82) is 0 Å². The van der Waals surface area contributed by atoms with Crippen molar-refractivity contribution < 1.29 is 19.4 Å². The number of hydrogen-bond acceptors (Lipinski definition) is 4. The fourth-order valence-electron chi connectivity index (χ4n) is 4.00. The van der Waals surface area contributed by atoms with Crippen molar-refractivity contribution in [2.75, 3.05) is 6.61 Å². The SMILES string of the molecule is CCCCCCCCCCCCCCCC(OC(=O)c1ccccc1)[C@H](CO)NC(C)=O. The van der Waals surface area contributed by atoms with Crippen LogP contribution in [-0.2, 0) is 9.53 Å². The molecule has 1 unspecified atom stereocenters. The number of hydrogen-bond donors (Lipinski definition) is 2. The van der Waals surface area contributed by atoms with Gasteiger partial charge in [-0.15, -0.1) is 0 Å². The average Bonchev–Trinajstić information content (AvgIpc) is 2.80. The van der Waals surface area contributed by atoms with E-state index in [4.69, 9.17) is 4.74 Å². The van der Waals surface area contributed by atoms with Crippen LogP contribution in [0.4, 0.5) is 0 Å². The molecule has 2 N–H and O–H groups in total. The average molecular weight is 448 g/mol. The number of ether oxygens (including phenoxy) is 1. The first-order chi connectivity index (χ1) is 15.6. The highest BCUT2D eigenvalue weighted by Gasteiger charge is 2.25. The minimum Gasteiger partial charge on any atom is -0.456 e. The molecular weight excluding hydrogens is 402 g/mol. The lowest BCUT2D eigenvalue weighted by Crippen LogP contribution is -2.47. The third kappa shape index (κ3) is 13.5. The van der Waals surface area contributed by atoms with Gasteiger partial charge in [0.2, 0.25) is 5.91 Å². The maximum atomic E-state index is 12.5. The first-order valence-electron chi connectivity index (χ1n) is 12.7. The van der Waals surface area contributed by atoms with Gasteiger partial charge in [-0.1, -0.05) is 102 Å². The zero-order chi connectivity index (χ0) is 23.4. The summed E-state index contributed by atoms with van der Waals surface area (Å²) in [6, 6.07) is 8.24. The van der Waals surface area contributed by atoms with Crippen LogP contribution in [0.1, 0.15) is 114 Å². The molecule has 32 heavy (non-hydrogen) atoms. The Morgan fingerprint density at radius 2 is 1.34 bits per heavy atom. The summed E-state index contributed by atoms with van der Waals surface area (Å²) in [5.74, 6) is -0.663. The van der Waals surface area contributed by atoms with E-state index in [0.717, 1.165) is 12.8 Å². The second-order valence-corrected chi connectivity index (χ2v) is 8.83. The summed E-state index contributed by atoms with van der Waals surface area (Å²) >= 11 is 0. The molecular formula is C27H45NO4. The molecule has 1 rings (SSSR count). The topological polar surface area (TPSA) is 75.6 Å². The number of esters is 1. The third-order valence-corrected chi connectivity index (χ3v) is 5.89. The number of amides is 1. The lowest BCUT2D eigenvalue weighted by Gasteiger charge is -2.26. The van der Waals surface area contributed by atoms with Gasteiger partial charge in [-0.25, -0.2) is 4.79 Å². The van der Waals surface area contributed by atoms with Crippen LogP contribution in [0.2, 0.25) is 0 Å². The van der Waals surface area contributed by atoms with Gasteiger partial charge in [-0.3, -0.25) is 4.79 Å². The van der Waals surface area contributed by atoms with E-state index in [1.54, 1.807) is 24.3 Å². The van der Waals surface area contributed by atoms with E-state index in [1.807, 2.05) is 6.07 Å². The molecule has 1 amide bonds. The highest BCUT2D eigenvalue weighted by Crippen LogP contribution is 2.17. The molecule has 0 aliphatic heterocycles. The van der Waals surface area contributed by atoms with Gasteiger partial charge < -0.3 is 15.2 Å². The van der Waals surface area contributed by atoms with Crippen LogP contribution in [0.25, 0.3) is 0 Å². The number of carbonyl (C=O) groups excluding carboxylic acids is 2. The van der Waals surface area contributed by atoms with Crippen LogP contribution in [0.3, 0.4) is 0 Å². The van der Waals surface area contributed by atoms with E-state index in [0.29, 0.717) is 12.0 Å². The summed E-state index contributed by atoms with van der Waals surface area (Å²) in [7, 11) is 0. The molecule has 0 saturated carbocycles. The van der Waals surface area contributed by atoms with Crippen molar-refractivity contribution >= 4 is 11.9 Å². The number of carbonyl (C=O) groups is 2. The Bertz CT molecular complexity index is 605. The lowest BCUT2D eigenvalue weighted by molar-refractivity contribution is -0.121. The number of aliphatic hydroxyl groups is 1. The summed E-state index contributed by atoms with van der Waals surface area (Å²) in [6.45, 7) is 3.40. The molecule has 182 valence electrons. The van der Waals surface area contributed by atoms with Crippen LogP contribution in [0.5, 0.6) is 0 Å². The molecule has 0 radical (unpaired) electrons. The molecule has 0 bridgehead atoms. The number of aliphatic hydroxyl groups excluding tert-OH is 1. The number of benzene rings is 1. The standard InChI is InChI=1S/C27H45NO4/c1-3-4-5-6-7-8-9-10-11-12-13-14-18-21-26(25(22-29)28-23(2)30)32-27(31)24-19-16-15-17-20-24/h15-17,19-20,25-26,29H,3-14,18,21-22H2,1-2H3,(H,28,30)/t25-,26?/m0/s1. The van der Waals surface area contributed by atoms with E-state index in [-0.39, 0.29) is 12.5 Å². The largest absolute Gasteiger partial charge is 0.456 e. The van der Waals surface area contributed by atoms with Crippen LogP contribution in [-0.4, -0.2) is 35.7 Å². The van der Waals surface area contributed by atoms with Crippen LogP contribution in [0, 0.1) is 0 Å². The highest BCUT2D eigenvalue weighted by molar-refractivity contribution is 5.89. The maximum Gasteiger partial charge on any atom is 0.338 e. The molecule has 1 aromatic carbocycles. The fraction of sp³-hybridized carbons (Fsp3) is 0.704. The van der Waals surface area contributed by atoms with E-state index in [2.05, 4.69) is 12.2 Å². The minimum atomic E-state index is -0.586. The predicted octanol–water partition coefficient (Wildman–Crippen LogP) is 6.19. The lowest BCUT2D eigenvalue weighted by atomic mass is 10.0. The third-order valence-electron chi connectivity index (χ3n) is 5.89. The van der Waals surface area contributed by atoms with Crippen molar-refractivity contribution in [3.05, 3.63) is 35.9 Å². The molecule has 0 heterocycles. The Hall–Kier alpha value is -1.88. The van der Waals surface area contributed by atoms with E-state index >= 15 is 0 Å². The van der Waals surface area contributed by atoms with Crippen LogP contribution < -0.4 is 5.32 Å². The second-order valence-electron chi connectivity index (χ2n) is 8.83. The highest BCUT2D eigenvalue weighted by atomic mass is 16.5. The summed E-state index contributed by atoms with van der Waals surface area (Å²) < 4.78 is 5.68. The van der Waals surface area contributed by atoms with Crippen molar-refractivity contribution in [3.8, 4) is 0 Å². The molecule has 0 saturated heterocycles. The number of rotatable bonds is 19. The zero-order valence-electron chi connectivity index (χ0n) is 20.3. The normalized spacial score (nSPS) is 12.8. The Morgan fingerprint density at radius 3 is 1.81 bits per heavy atom. The Labute approximate surface area is 195 Å². The number of nitrogens with one attached hydrogen (secondary N) is 1. The van der Waals surface area contributed by atoms with Crippen molar-refractivity contribution in [2.45, 2.75) is 116 Å². The fourth-order valence-corrected chi connectivity index (χ4v) is 4.00. The van der Waals surface area contributed by atoms with Crippen LogP contribution >= 0.6 is 0 Å². The Morgan fingerprint density at radius 1 is 0.844 bits per heavy atom. The van der Waals surface area contributed by atoms with Crippen LogP contribution in [0.15, 0.2) is 30.3 Å². The van der Waals surface area contributed by atoms with E-state index in [9.17, 15) is 14.7 Å². The van der Waals surface area contributed by atoms with Crippen molar-refractivity contribution in [1.82, 2.24) is 5.32 Å². The molecule has 0 aliphatic carbocycles. The van der Waals surface area contributed by atoms with Gasteiger partial charge in [0.05, 0.1) is 18.2 Å². The molecule has 0 spiro atoms. The summed E-state index contributed by atoms with van der Waals surface area (Å²) in [6.07, 6.45) is 16.6. The van der Waals surface area contributed by atoms with E-state index in [1.165, 1.54) is 77.6 Å². The van der Waals surface area contributed by atoms with Crippen molar-refractivity contribution in [2.24, 2.45) is 0 Å². The molecule has 5 nitrogen and oxygen atoms in total. The summed E-state index contributed by atoms with van der Waals surface area (Å²) in [5.41, 5.74) is 0.474. The summed E-state index contributed by atoms with van der Waals surface area (Å²) in [5, 5.41) is 12.4. The Balaban J connectivity index is 2.28. The summed E-state index contributed by atoms with van der Waals surface area (Å²) in [4.78, 5) is 24.0. The monoisotopic (exact) mass is 447 g/mol. The zero-order valence-corrected chi connectivity index (χ0v) is 20.3. The van der Waals surface area contributed by atoms with Gasteiger partial charge in [0, 0.05) is 6.92 Å². The number of unbranched alkanes of at least 4 members (excludes halogenated alkanes) is 12. The Kier molecular flexibility index (Phi) is 16.4. The first-order valence-corrected chi connectivity index (χ1v) is 12.7. The van der Waals surface area contributed by atoms with Gasteiger partial charge in [-0.2, -0.15) is 0 Å². The molecule has 0 aromatic heterocycles. The van der Waals surface area contributed by atoms with Gasteiger partial charge in [0.1, 0.15) is 6.10 Å². The molecule has 1 aromatic rings. The predicted molar refractivity (Wildman–Crippen MR) is 131 cm³/mol. The van der Waals surface area contributed by atoms with Gasteiger partial charge in [0.15, 0.2) is 0 Å². The van der Waals surface area contributed by atoms with E-state index < -0.39 is 18.1 Å².